The number of rotatable bonds is 4. The molecule has 4 nitrogen and oxygen atoms in total. The van der Waals surface area contributed by atoms with Gasteiger partial charge in [-0.3, -0.25) is 9.48 Å². The van der Waals surface area contributed by atoms with Gasteiger partial charge in [-0.1, -0.05) is 12.1 Å². The molecule has 1 amide bonds. The predicted molar refractivity (Wildman–Crippen MR) is 114 cm³/mol. The van der Waals surface area contributed by atoms with Crippen molar-refractivity contribution in [1.82, 2.24) is 15.1 Å². The molecule has 31 heavy (non-hydrogen) atoms. The van der Waals surface area contributed by atoms with Gasteiger partial charge >= 0.3 is 6.18 Å². The van der Waals surface area contributed by atoms with Crippen molar-refractivity contribution in [1.29, 1.82) is 0 Å². The van der Waals surface area contributed by atoms with Crippen LogP contribution in [0.25, 0.3) is 22.4 Å². The third-order valence-corrected chi connectivity index (χ3v) is 5.09. The van der Waals surface area contributed by atoms with Crippen molar-refractivity contribution >= 4 is 5.91 Å². The summed E-state index contributed by atoms with van der Waals surface area (Å²) >= 11 is 0. The highest BCUT2D eigenvalue weighted by atomic mass is 19.4. The average molecular weight is 427 g/mol. The molecular formula is C24H24F3N3O. The van der Waals surface area contributed by atoms with Crippen molar-refractivity contribution in [2.24, 2.45) is 0 Å². The second-order valence-corrected chi connectivity index (χ2v) is 8.97. The fourth-order valence-electron chi connectivity index (χ4n) is 3.49. The third-order valence-electron chi connectivity index (χ3n) is 5.09. The van der Waals surface area contributed by atoms with E-state index >= 15 is 0 Å². The van der Waals surface area contributed by atoms with Crippen molar-refractivity contribution < 1.29 is 18.0 Å². The molecule has 4 rings (SSSR count). The molecule has 1 saturated carbocycles. The van der Waals surface area contributed by atoms with Crippen molar-refractivity contribution in [3.8, 4) is 22.4 Å². The first-order chi connectivity index (χ1) is 14.5. The number of nitrogens with zero attached hydrogens (tertiary/aromatic N) is 2. The SMILES string of the molecule is CC(C)(C)NC(=O)c1cc(-c2ccc(C(F)(F)F)cc2)cc(-c2ccnn2C2CC2)c1. The zero-order valence-electron chi connectivity index (χ0n) is 17.6. The van der Waals surface area contributed by atoms with E-state index in [2.05, 4.69) is 10.4 Å². The van der Waals surface area contributed by atoms with E-state index in [1.807, 2.05) is 43.7 Å². The minimum Gasteiger partial charge on any atom is -0.347 e. The van der Waals surface area contributed by atoms with E-state index in [1.165, 1.54) is 12.1 Å². The molecule has 0 spiro atoms. The van der Waals surface area contributed by atoms with E-state index in [9.17, 15) is 18.0 Å². The van der Waals surface area contributed by atoms with Crippen molar-refractivity contribution in [2.45, 2.75) is 51.4 Å². The zero-order valence-corrected chi connectivity index (χ0v) is 17.6. The first-order valence-corrected chi connectivity index (χ1v) is 10.2. The van der Waals surface area contributed by atoms with E-state index < -0.39 is 17.3 Å². The highest BCUT2D eigenvalue weighted by Gasteiger charge is 2.30. The highest BCUT2D eigenvalue weighted by molar-refractivity contribution is 5.97. The first-order valence-electron chi connectivity index (χ1n) is 10.2. The van der Waals surface area contributed by atoms with Crippen LogP contribution in [0.2, 0.25) is 0 Å². The van der Waals surface area contributed by atoms with E-state index in [1.54, 1.807) is 12.3 Å². The summed E-state index contributed by atoms with van der Waals surface area (Å²) in [4.78, 5) is 12.9. The van der Waals surface area contributed by atoms with Crippen LogP contribution >= 0.6 is 0 Å². The smallest absolute Gasteiger partial charge is 0.347 e. The maximum atomic E-state index is 13.0. The van der Waals surface area contributed by atoms with Crippen molar-refractivity contribution in [3.63, 3.8) is 0 Å². The number of aromatic nitrogens is 2. The molecule has 1 fully saturated rings. The zero-order chi connectivity index (χ0) is 22.4. The number of alkyl halides is 3. The number of carbonyl (C=O) groups excluding carboxylic acids is 1. The van der Waals surface area contributed by atoms with Crippen LogP contribution in [0.3, 0.4) is 0 Å². The quantitative estimate of drug-likeness (QED) is 0.547. The Balaban J connectivity index is 1.79. The Kier molecular flexibility index (Phi) is 5.15. The molecular weight excluding hydrogens is 403 g/mol. The topological polar surface area (TPSA) is 46.9 Å². The summed E-state index contributed by atoms with van der Waals surface area (Å²) in [7, 11) is 0. The minimum absolute atomic E-state index is 0.236. The Hall–Kier alpha value is -3.09. The third kappa shape index (κ3) is 4.81. The first kappa shape index (κ1) is 21.2. The fraction of sp³-hybridized carbons (Fsp3) is 0.333. The molecule has 0 bridgehead atoms. The molecule has 1 N–H and O–H groups in total. The largest absolute Gasteiger partial charge is 0.416 e. The van der Waals surface area contributed by atoms with Gasteiger partial charge < -0.3 is 5.32 Å². The van der Waals surface area contributed by atoms with Gasteiger partial charge in [-0.15, -0.1) is 0 Å². The van der Waals surface area contributed by atoms with E-state index in [-0.39, 0.29) is 5.91 Å². The molecule has 7 heteroatoms. The fourth-order valence-corrected chi connectivity index (χ4v) is 3.49. The van der Waals surface area contributed by atoms with Crippen LogP contribution < -0.4 is 5.32 Å². The monoisotopic (exact) mass is 427 g/mol. The Bertz CT molecular complexity index is 1100. The molecule has 0 unspecified atom stereocenters. The van der Waals surface area contributed by atoms with E-state index in [4.69, 9.17) is 0 Å². The lowest BCUT2D eigenvalue weighted by atomic mass is 9.96. The second-order valence-electron chi connectivity index (χ2n) is 8.97. The molecule has 0 saturated heterocycles. The van der Waals surface area contributed by atoms with Crippen LogP contribution in [0.1, 0.15) is 55.6 Å². The second kappa shape index (κ2) is 7.55. The summed E-state index contributed by atoms with van der Waals surface area (Å²) in [6, 6.07) is 12.7. The van der Waals surface area contributed by atoms with Gasteiger partial charge in [0.25, 0.3) is 5.91 Å². The molecule has 2 aromatic carbocycles. The molecule has 1 aliphatic rings. The molecule has 0 atom stereocenters. The Morgan fingerprint density at radius 2 is 1.61 bits per heavy atom. The summed E-state index contributed by atoms with van der Waals surface area (Å²) in [5.74, 6) is -0.236. The normalized spacial score (nSPS) is 14.5. The molecule has 162 valence electrons. The van der Waals surface area contributed by atoms with Gasteiger partial charge in [0.15, 0.2) is 0 Å². The highest BCUT2D eigenvalue weighted by Crippen LogP contribution is 2.39. The van der Waals surface area contributed by atoms with Crippen molar-refractivity contribution in [2.75, 3.05) is 0 Å². The Morgan fingerprint density at radius 1 is 0.968 bits per heavy atom. The van der Waals surface area contributed by atoms with Crippen LogP contribution in [-0.2, 0) is 6.18 Å². The number of hydrogen-bond acceptors (Lipinski definition) is 2. The number of hydrogen-bond donors (Lipinski definition) is 1. The van der Waals surface area contributed by atoms with Crippen LogP contribution in [0.4, 0.5) is 13.2 Å². The number of carbonyl (C=O) groups is 1. The summed E-state index contributed by atoms with van der Waals surface area (Å²) in [5.41, 5.74) is 2.31. The van der Waals surface area contributed by atoms with Crippen LogP contribution in [0, 0.1) is 0 Å². The van der Waals surface area contributed by atoms with Crippen LogP contribution in [0.15, 0.2) is 54.7 Å². The maximum Gasteiger partial charge on any atom is 0.416 e. The molecule has 1 aliphatic carbocycles. The standard InChI is InChI=1S/C24H24F3N3O/c1-23(2,3)29-22(31)18-13-16(15-4-6-19(7-5-15)24(25,26)27)12-17(14-18)21-10-11-28-30(21)20-8-9-20/h4-7,10-14,20H,8-9H2,1-3H3,(H,29,31). The number of halogens is 3. The van der Waals surface area contributed by atoms with Gasteiger partial charge in [-0.2, -0.15) is 18.3 Å². The minimum atomic E-state index is -4.39. The summed E-state index contributed by atoms with van der Waals surface area (Å²) in [6.07, 6.45) is -0.544. The summed E-state index contributed by atoms with van der Waals surface area (Å²) in [6.45, 7) is 5.69. The number of benzene rings is 2. The molecule has 1 heterocycles. The van der Waals surface area contributed by atoms with Crippen LogP contribution in [0.5, 0.6) is 0 Å². The van der Waals surface area contributed by atoms with Gasteiger partial charge in [-0.05, 0) is 81.1 Å². The van der Waals surface area contributed by atoms with Gasteiger partial charge in [0.05, 0.1) is 17.3 Å². The summed E-state index contributed by atoms with van der Waals surface area (Å²) < 4.78 is 40.8. The van der Waals surface area contributed by atoms with Gasteiger partial charge in [0.2, 0.25) is 0 Å². The number of nitrogens with one attached hydrogen (secondary N) is 1. The molecule has 1 aromatic heterocycles. The van der Waals surface area contributed by atoms with Crippen molar-refractivity contribution in [3.05, 3.63) is 65.9 Å². The molecule has 3 aromatic rings. The Labute approximate surface area is 179 Å². The predicted octanol–water partition coefficient (Wildman–Crippen LogP) is 6.10. The van der Waals surface area contributed by atoms with Gasteiger partial charge in [0, 0.05) is 22.9 Å². The lowest BCUT2D eigenvalue weighted by Crippen LogP contribution is -2.40. The lowest BCUT2D eigenvalue weighted by molar-refractivity contribution is -0.137. The van der Waals surface area contributed by atoms with Gasteiger partial charge in [-0.25, -0.2) is 0 Å². The number of amides is 1. The maximum absolute atomic E-state index is 13.0. The summed E-state index contributed by atoms with van der Waals surface area (Å²) in [5, 5.41) is 7.38. The van der Waals surface area contributed by atoms with E-state index in [0.29, 0.717) is 22.7 Å². The van der Waals surface area contributed by atoms with Crippen LogP contribution in [-0.4, -0.2) is 21.2 Å². The Morgan fingerprint density at radius 3 is 2.19 bits per heavy atom. The van der Waals surface area contributed by atoms with E-state index in [0.717, 1.165) is 36.2 Å². The van der Waals surface area contributed by atoms with Gasteiger partial charge in [0.1, 0.15) is 0 Å². The lowest BCUT2D eigenvalue weighted by Gasteiger charge is -2.21. The molecule has 0 aliphatic heterocycles. The average Bonchev–Trinajstić information content (AvgIpc) is 3.42. The molecule has 0 radical (unpaired) electrons.